The van der Waals surface area contributed by atoms with Crippen molar-refractivity contribution in [2.75, 3.05) is 20.6 Å². The van der Waals surface area contributed by atoms with E-state index in [4.69, 9.17) is 0 Å². The van der Waals surface area contributed by atoms with Crippen LogP contribution < -0.4 is 5.32 Å². The zero-order valence-corrected chi connectivity index (χ0v) is 10.9. The van der Waals surface area contributed by atoms with E-state index in [-0.39, 0.29) is 6.04 Å². The van der Waals surface area contributed by atoms with E-state index >= 15 is 0 Å². The Morgan fingerprint density at radius 2 is 2.11 bits per heavy atom. The lowest BCUT2D eigenvalue weighted by atomic mass is 10.0. The fourth-order valence-corrected chi connectivity index (χ4v) is 2.28. The van der Waals surface area contributed by atoms with Crippen molar-refractivity contribution in [2.24, 2.45) is 0 Å². The fourth-order valence-electron chi connectivity index (χ4n) is 2.28. The van der Waals surface area contributed by atoms with Gasteiger partial charge in [-0.3, -0.25) is 0 Å². The summed E-state index contributed by atoms with van der Waals surface area (Å²) in [5.74, 6) is -1.51. The minimum atomic E-state index is -0.775. The van der Waals surface area contributed by atoms with Crippen LogP contribution >= 0.6 is 0 Å². The topological polar surface area (TPSA) is 15.3 Å². The molecular weight excluding hydrogens is 234 g/mol. The molecule has 1 aromatic carbocycles. The molecule has 1 aromatic rings. The lowest BCUT2D eigenvalue weighted by molar-refractivity contribution is 0.299. The van der Waals surface area contributed by atoms with Gasteiger partial charge in [0.1, 0.15) is 0 Å². The normalized spacial score (nSPS) is 17.2. The van der Waals surface area contributed by atoms with Crippen molar-refractivity contribution in [3.05, 3.63) is 35.4 Å². The molecule has 100 valence electrons. The van der Waals surface area contributed by atoms with Crippen LogP contribution in [0.4, 0.5) is 8.78 Å². The molecule has 0 aliphatic heterocycles. The number of nitrogens with one attached hydrogen (secondary N) is 1. The van der Waals surface area contributed by atoms with Gasteiger partial charge in [0.15, 0.2) is 11.6 Å². The summed E-state index contributed by atoms with van der Waals surface area (Å²) in [5.41, 5.74) is 0.418. The highest BCUT2D eigenvalue weighted by Crippen LogP contribution is 2.27. The highest BCUT2D eigenvalue weighted by Gasteiger charge is 2.26. The van der Waals surface area contributed by atoms with Gasteiger partial charge in [-0.1, -0.05) is 12.1 Å². The molecular formula is C14H20F2N2. The summed E-state index contributed by atoms with van der Waals surface area (Å²) in [6.07, 6.45) is 3.30. The second kappa shape index (κ2) is 5.76. The standard InChI is InChI=1S/C14H20F2N2/c1-17-13(8-9-18(2)10-6-7-10)11-4-3-5-12(15)14(11)16/h3-5,10,13,17H,6-9H2,1-2H3. The van der Waals surface area contributed by atoms with Gasteiger partial charge in [-0.25, -0.2) is 8.78 Å². The first kappa shape index (κ1) is 13.4. The second-order valence-electron chi connectivity index (χ2n) is 4.98. The number of hydrogen-bond acceptors (Lipinski definition) is 2. The Labute approximate surface area is 107 Å². The molecule has 0 saturated heterocycles. The maximum absolute atomic E-state index is 13.7. The molecule has 0 amide bonds. The molecule has 2 rings (SSSR count). The highest BCUT2D eigenvalue weighted by atomic mass is 19.2. The molecule has 0 heterocycles. The van der Waals surface area contributed by atoms with Crippen LogP contribution in [0.1, 0.15) is 30.9 Å². The van der Waals surface area contributed by atoms with Crippen LogP contribution in [-0.4, -0.2) is 31.6 Å². The summed E-state index contributed by atoms with van der Waals surface area (Å²) in [6, 6.07) is 4.92. The SMILES string of the molecule is CNC(CCN(C)C1CC1)c1cccc(F)c1F. The molecule has 1 N–H and O–H groups in total. The number of nitrogens with zero attached hydrogens (tertiary/aromatic N) is 1. The summed E-state index contributed by atoms with van der Waals surface area (Å²) in [4.78, 5) is 2.29. The van der Waals surface area contributed by atoms with Crippen LogP contribution in [0, 0.1) is 11.6 Å². The monoisotopic (exact) mass is 254 g/mol. The van der Waals surface area contributed by atoms with E-state index in [9.17, 15) is 8.78 Å². The molecule has 2 nitrogen and oxygen atoms in total. The Morgan fingerprint density at radius 3 is 2.72 bits per heavy atom. The average molecular weight is 254 g/mol. The van der Waals surface area contributed by atoms with E-state index in [0.717, 1.165) is 19.0 Å². The van der Waals surface area contributed by atoms with Crippen molar-refractivity contribution in [2.45, 2.75) is 31.3 Å². The van der Waals surface area contributed by atoms with E-state index in [2.05, 4.69) is 17.3 Å². The molecule has 18 heavy (non-hydrogen) atoms. The summed E-state index contributed by atoms with van der Waals surface area (Å²) in [7, 11) is 3.87. The van der Waals surface area contributed by atoms with Gasteiger partial charge < -0.3 is 10.2 Å². The van der Waals surface area contributed by atoms with E-state index in [1.165, 1.54) is 12.8 Å². The fraction of sp³-hybridized carbons (Fsp3) is 0.571. The number of halogens is 2. The van der Waals surface area contributed by atoms with Gasteiger partial charge in [0.2, 0.25) is 0 Å². The van der Waals surface area contributed by atoms with Gasteiger partial charge in [-0.2, -0.15) is 0 Å². The third kappa shape index (κ3) is 3.06. The first-order chi connectivity index (χ1) is 8.63. The first-order valence-corrected chi connectivity index (χ1v) is 6.45. The van der Waals surface area contributed by atoms with Crippen molar-refractivity contribution in [1.82, 2.24) is 10.2 Å². The van der Waals surface area contributed by atoms with Crippen LogP contribution in [0.2, 0.25) is 0 Å². The van der Waals surface area contributed by atoms with Gasteiger partial charge in [-0.15, -0.1) is 0 Å². The maximum atomic E-state index is 13.7. The minimum Gasteiger partial charge on any atom is -0.313 e. The van der Waals surface area contributed by atoms with Crippen molar-refractivity contribution in [1.29, 1.82) is 0 Å². The Morgan fingerprint density at radius 1 is 1.39 bits per heavy atom. The third-order valence-electron chi connectivity index (χ3n) is 3.65. The molecule has 0 spiro atoms. The van der Waals surface area contributed by atoms with E-state index in [1.807, 2.05) is 0 Å². The number of benzene rings is 1. The molecule has 1 aliphatic carbocycles. The van der Waals surface area contributed by atoms with Gasteiger partial charge in [0, 0.05) is 17.6 Å². The molecule has 1 aliphatic rings. The molecule has 0 radical (unpaired) electrons. The van der Waals surface area contributed by atoms with Gasteiger partial charge in [-0.05, 0) is 46.0 Å². The molecule has 0 bridgehead atoms. The van der Waals surface area contributed by atoms with Crippen LogP contribution in [-0.2, 0) is 0 Å². The van der Waals surface area contributed by atoms with Gasteiger partial charge >= 0.3 is 0 Å². The second-order valence-corrected chi connectivity index (χ2v) is 4.98. The van der Waals surface area contributed by atoms with Gasteiger partial charge in [0.05, 0.1) is 0 Å². The maximum Gasteiger partial charge on any atom is 0.163 e. The average Bonchev–Trinajstić information content (AvgIpc) is 3.18. The molecule has 1 fully saturated rings. The van der Waals surface area contributed by atoms with Crippen LogP contribution in [0.3, 0.4) is 0 Å². The molecule has 1 saturated carbocycles. The third-order valence-corrected chi connectivity index (χ3v) is 3.65. The predicted molar refractivity (Wildman–Crippen MR) is 68.4 cm³/mol. The van der Waals surface area contributed by atoms with E-state index < -0.39 is 11.6 Å². The Bertz CT molecular complexity index is 405. The summed E-state index contributed by atoms with van der Waals surface area (Å²) in [5, 5.41) is 3.07. The summed E-state index contributed by atoms with van der Waals surface area (Å²) >= 11 is 0. The van der Waals surface area contributed by atoms with Crippen molar-refractivity contribution in [3.63, 3.8) is 0 Å². The predicted octanol–water partition coefficient (Wildman–Crippen LogP) is 2.71. The number of hydrogen-bond donors (Lipinski definition) is 1. The zero-order chi connectivity index (χ0) is 13.1. The van der Waals surface area contributed by atoms with E-state index in [1.54, 1.807) is 19.2 Å². The Balaban J connectivity index is 2.00. The quantitative estimate of drug-likeness (QED) is 0.839. The lowest BCUT2D eigenvalue weighted by Gasteiger charge is -2.22. The number of rotatable bonds is 6. The van der Waals surface area contributed by atoms with Crippen molar-refractivity contribution >= 4 is 0 Å². The lowest BCUT2D eigenvalue weighted by Crippen LogP contribution is -2.27. The summed E-state index contributed by atoms with van der Waals surface area (Å²) in [6.45, 7) is 0.895. The molecule has 1 unspecified atom stereocenters. The van der Waals surface area contributed by atoms with Crippen molar-refractivity contribution < 1.29 is 8.78 Å². The highest BCUT2D eigenvalue weighted by molar-refractivity contribution is 5.22. The van der Waals surface area contributed by atoms with Crippen LogP contribution in [0.25, 0.3) is 0 Å². The Kier molecular flexibility index (Phi) is 4.30. The van der Waals surface area contributed by atoms with Crippen molar-refractivity contribution in [3.8, 4) is 0 Å². The first-order valence-electron chi connectivity index (χ1n) is 6.45. The largest absolute Gasteiger partial charge is 0.313 e. The minimum absolute atomic E-state index is 0.137. The van der Waals surface area contributed by atoms with Crippen LogP contribution in [0.15, 0.2) is 18.2 Å². The Hall–Kier alpha value is -1.00. The smallest absolute Gasteiger partial charge is 0.163 e. The van der Waals surface area contributed by atoms with Crippen LogP contribution in [0.5, 0.6) is 0 Å². The molecule has 1 atom stereocenters. The molecule has 0 aromatic heterocycles. The van der Waals surface area contributed by atoms with E-state index in [0.29, 0.717) is 11.6 Å². The molecule has 4 heteroatoms. The zero-order valence-electron chi connectivity index (χ0n) is 10.9. The van der Waals surface area contributed by atoms with Gasteiger partial charge in [0.25, 0.3) is 0 Å². The summed E-state index contributed by atoms with van der Waals surface area (Å²) < 4.78 is 26.9.